The number of fused-ring (bicyclic) bond motifs is 1. The predicted octanol–water partition coefficient (Wildman–Crippen LogP) is -1.91. The van der Waals surface area contributed by atoms with Crippen molar-refractivity contribution in [3.05, 3.63) is 192 Å². The van der Waals surface area contributed by atoms with E-state index in [1.54, 1.807) is 129 Å². The van der Waals surface area contributed by atoms with Crippen LogP contribution in [0.1, 0.15) is 92.3 Å². The minimum atomic E-state index is -2.11. The third-order valence-corrected chi connectivity index (χ3v) is 18.8. The lowest BCUT2D eigenvalue weighted by molar-refractivity contribution is -0.143. The molecule has 0 saturated heterocycles. The highest BCUT2D eigenvalue weighted by Gasteiger charge is 2.39. The standard InChI is InChI=1S/C80H99N17O20/c1-44(2)68(79(115)96-64(42-98)78(114)88-56(80(116)117)24-14-15-31-81)97-77(113)59(34-47-20-10-5-11-21-47)92-73(109)60(36-49-40-85-54-23-13-12-22-52(49)54)93-76(112)63(39-67(103)104)95-72(108)58(35-48-25-27-51(99)28-26-48)90-71(107)57(33-46-18-8-4-9-19-46)91-75(111)62(38-65(83)100)94-70(106)55(29-30-66(101)102)87-74(110)61(37-50-41-84-43-86-50)89-69(105)53(82)32-45-16-6-3-7-17-45/h3-13,16-23,25-28,40-41,43-44,53,55-64,68,85,98-99H,14-15,24,29-39,42,81-82H2,1-2H3,(H2,83,100)(H,84,86)(H,87,110)(H,88,114)(H,89,105)(H,90,107)(H,91,111)(H,92,109)(H,93,112)(H,94,106)(H,95,108)(H,96,115)(H,97,113)(H,101,102)(H,103,104)(H,116,117)/t53-,55-,56-,57-,58-,59-,60-,61-,62-,63-,64-,68-/m0/s1. The highest BCUT2D eigenvalue weighted by atomic mass is 16.4. The molecule has 0 bridgehead atoms. The lowest BCUT2D eigenvalue weighted by atomic mass is 9.99. The average molecular weight is 1620 g/mol. The molecule has 0 radical (unpaired) electrons. The van der Waals surface area contributed by atoms with E-state index < -0.39 is 212 Å². The largest absolute Gasteiger partial charge is 0.508 e. The molecule has 0 aliphatic rings. The fourth-order valence-corrected chi connectivity index (χ4v) is 12.5. The smallest absolute Gasteiger partial charge is 0.326 e. The molecular weight excluding hydrogens is 1520 g/mol. The van der Waals surface area contributed by atoms with Gasteiger partial charge < -0.3 is 111 Å². The number of amides is 12. The van der Waals surface area contributed by atoms with Gasteiger partial charge in [-0.25, -0.2) is 9.78 Å². The zero-order valence-corrected chi connectivity index (χ0v) is 64.2. The van der Waals surface area contributed by atoms with Crippen molar-refractivity contribution in [2.45, 2.75) is 170 Å². The number of nitrogens with two attached hydrogens (primary N) is 3. The van der Waals surface area contributed by atoms with Gasteiger partial charge in [-0.2, -0.15) is 0 Å². The number of aliphatic carboxylic acids is 3. The normalized spacial score (nSPS) is 14.2. The van der Waals surface area contributed by atoms with Gasteiger partial charge >= 0.3 is 17.9 Å². The van der Waals surface area contributed by atoms with Crippen molar-refractivity contribution < 1.29 is 97.5 Å². The van der Waals surface area contributed by atoms with Gasteiger partial charge in [0.1, 0.15) is 72.2 Å². The van der Waals surface area contributed by atoms with E-state index in [4.69, 9.17) is 17.2 Å². The summed E-state index contributed by atoms with van der Waals surface area (Å²) in [5.74, 6) is -18.7. The number of hydrogen-bond acceptors (Lipinski definition) is 20. The number of rotatable bonds is 48. The molecule has 2 heterocycles. The van der Waals surface area contributed by atoms with Crippen molar-refractivity contribution in [1.29, 1.82) is 0 Å². The molecule has 12 atom stereocenters. The maximum atomic E-state index is 15.2. The second kappa shape index (κ2) is 45.5. The number of phenolic OH excluding ortho intramolecular Hbond substituents is 1. The maximum absolute atomic E-state index is 15.2. The van der Waals surface area contributed by atoms with E-state index in [0.717, 1.165) is 0 Å². The first-order chi connectivity index (χ1) is 55.9. The van der Waals surface area contributed by atoms with E-state index >= 15 is 19.2 Å². The van der Waals surface area contributed by atoms with Gasteiger partial charge in [-0.15, -0.1) is 0 Å². The van der Waals surface area contributed by atoms with Crippen LogP contribution >= 0.6 is 0 Å². The third-order valence-electron chi connectivity index (χ3n) is 18.8. The summed E-state index contributed by atoms with van der Waals surface area (Å²) in [6, 6.07) is 16.8. The first-order valence-corrected chi connectivity index (χ1v) is 37.7. The number of H-pyrrole nitrogens is 2. The van der Waals surface area contributed by atoms with Crippen LogP contribution in [-0.4, -0.2) is 215 Å². The van der Waals surface area contributed by atoms with Crippen LogP contribution in [0.5, 0.6) is 5.75 Å². The van der Waals surface area contributed by atoms with Gasteiger partial charge in [-0.05, 0) is 90.6 Å². The highest BCUT2D eigenvalue weighted by molar-refractivity contribution is 6.01. The summed E-state index contributed by atoms with van der Waals surface area (Å²) >= 11 is 0. The number of nitrogens with zero attached hydrogens (tertiary/aromatic N) is 1. The number of carbonyl (C=O) groups excluding carboxylic acids is 12. The van der Waals surface area contributed by atoms with Gasteiger partial charge in [0.15, 0.2) is 0 Å². The van der Waals surface area contributed by atoms with E-state index in [0.29, 0.717) is 51.7 Å². The molecule has 0 fully saturated rings. The molecule has 0 unspecified atom stereocenters. The number of aromatic hydroxyl groups is 1. The van der Waals surface area contributed by atoms with Gasteiger partial charge in [0, 0.05) is 67.5 Å². The summed E-state index contributed by atoms with van der Waals surface area (Å²) in [5, 5.41) is 78.4. The van der Waals surface area contributed by atoms with Crippen LogP contribution in [0, 0.1) is 5.92 Å². The maximum Gasteiger partial charge on any atom is 0.326 e. The van der Waals surface area contributed by atoms with Crippen molar-refractivity contribution in [2.75, 3.05) is 13.2 Å². The molecule has 7 aromatic rings. The number of primary amides is 1. The van der Waals surface area contributed by atoms with Crippen LogP contribution in [0.2, 0.25) is 0 Å². The second-order valence-electron chi connectivity index (χ2n) is 28.2. The Morgan fingerprint density at radius 3 is 1.32 bits per heavy atom. The van der Waals surface area contributed by atoms with Gasteiger partial charge in [0.05, 0.1) is 31.8 Å². The minimum Gasteiger partial charge on any atom is -0.508 e. The zero-order chi connectivity index (χ0) is 85.3. The molecule has 117 heavy (non-hydrogen) atoms. The summed E-state index contributed by atoms with van der Waals surface area (Å²) in [5.41, 5.74) is 20.6. The predicted molar refractivity (Wildman–Crippen MR) is 421 cm³/mol. The SMILES string of the molecule is CC(C)[C@H](NC(=O)[C@H](Cc1ccccc1)NC(=O)[C@H](Cc1c[nH]c2ccccc12)NC(=O)[C@H](CC(=O)O)NC(=O)[C@H](Cc1ccc(O)cc1)NC(=O)[C@H](Cc1ccccc1)NC(=O)[C@H](CC(N)=O)NC(=O)[C@H](CCC(=O)O)NC(=O)[C@H](Cc1cnc[nH]1)NC(=O)[C@@H](N)Cc1ccccc1)C(=O)N[C@@H](CO)C(=O)N[C@@H](CCCCN)C(=O)O. The summed E-state index contributed by atoms with van der Waals surface area (Å²) in [6.45, 7) is 2.35. The molecule has 37 heteroatoms. The summed E-state index contributed by atoms with van der Waals surface area (Å²) in [4.78, 5) is 219. The number of benzene rings is 5. The van der Waals surface area contributed by atoms with E-state index in [1.165, 1.54) is 43.0 Å². The molecule has 0 spiro atoms. The number of aromatic amines is 2. The molecule has 12 amide bonds. The Hall–Kier alpha value is -13.4. The molecule has 2 aromatic heterocycles. The lowest BCUT2D eigenvalue weighted by Crippen LogP contribution is -2.62. The molecule has 5 aromatic carbocycles. The third kappa shape index (κ3) is 29.5. The van der Waals surface area contributed by atoms with Gasteiger partial charge in [0.25, 0.3) is 0 Å². The van der Waals surface area contributed by atoms with E-state index in [2.05, 4.69) is 73.4 Å². The topological polar surface area (TPSA) is 612 Å². The number of para-hydroxylation sites is 1. The Kier molecular flexibility index (Phi) is 35.3. The van der Waals surface area contributed by atoms with Gasteiger partial charge in [0.2, 0.25) is 70.9 Å². The first kappa shape index (κ1) is 90.8. The zero-order valence-electron chi connectivity index (χ0n) is 64.2. The Morgan fingerprint density at radius 2 is 0.838 bits per heavy atom. The monoisotopic (exact) mass is 1620 g/mol. The Balaban J connectivity index is 1.16. The molecule has 0 aliphatic carbocycles. The van der Waals surface area contributed by atoms with Crippen molar-refractivity contribution in [2.24, 2.45) is 23.1 Å². The number of aliphatic hydroxyl groups is 1. The van der Waals surface area contributed by atoms with Crippen LogP contribution in [0.4, 0.5) is 0 Å². The lowest BCUT2D eigenvalue weighted by Gasteiger charge is -2.29. The summed E-state index contributed by atoms with van der Waals surface area (Å²) in [7, 11) is 0. The van der Waals surface area contributed by atoms with E-state index in [-0.39, 0.29) is 50.0 Å². The molecule has 7 rings (SSSR count). The number of aliphatic hydroxyl groups excluding tert-OH is 1. The number of carboxylic acid groups (broad SMARTS) is 3. The van der Waals surface area contributed by atoms with Crippen molar-refractivity contribution in [3.8, 4) is 5.75 Å². The van der Waals surface area contributed by atoms with Crippen LogP contribution in [0.3, 0.4) is 0 Å². The Morgan fingerprint density at radius 1 is 0.419 bits per heavy atom. The number of aromatic nitrogens is 3. The molecule has 0 saturated carbocycles. The Labute approximate surface area is 671 Å². The van der Waals surface area contributed by atoms with Crippen molar-refractivity contribution >= 4 is 99.7 Å². The van der Waals surface area contributed by atoms with Crippen LogP contribution in [0.15, 0.2) is 158 Å². The quantitative estimate of drug-likeness (QED) is 0.0185. The average Bonchev–Trinajstić information content (AvgIpc) is 1.74. The van der Waals surface area contributed by atoms with Crippen molar-refractivity contribution in [3.63, 3.8) is 0 Å². The number of carbonyl (C=O) groups is 15. The number of nitrogens with one attached hydrogen (secondary N) is 13. The molecule has 37 nitrogen and oxygen atoms in total. The Bertz CT molecular complexity index is 4560. The molecule has 624 valence electrons. The number of imidazole rings is 1. The highest BCUT2D eigenvalue weighted by Crippen LogP contribution is 2.21. The summed E-state index contributed by atoms with van der Waals surface area (Å²) in [6.07, 6.45) is -0.309. The van der Waals surface area contributed by atoms with Gasteiger partial charge in [-0.3, -0.25) is 67.1 Å². The first-order valence-electron chi connectivity index (χ1n) is 37.7. The van der Waals surface area contributed by atoms with Crippen LogP contribution in [0.25, 0.3) is 10.9 Å². The fourth-order valence-electron chi connectivity index (χ4n) is 12.5. The van der Waals surface area contributed by atoms with Crippen LogP contribution < -0.4 is 75.7 Å². The van der Waals surface area contributed by atoms with E-state index in [1.807, 2.05) is 0 Å². The number of unbranched alkanes of at least 4 members (excludes halogenated alkanes) is 1. The summed E-state index contributed by atoms with van der Waals surface area (Å²) < 4.78 is 0. The molecule has 0 aliphatic heterocycles. The van der Waals surface area contributed by atoms with Crippen LogP contribution in [-0.2, 0) is 110 Å². The van der Waals surface area contributed by atoms with E-state index in [9.17, 15) is 78.3 Å². The molecular formula is C80H99N17O20. The number of hydrogen-bond donors (Lipinski definition) is 21. The van der Waals surface area contributed by atoms with Gasteiger partial charge in [-0.1, -0.05) is 135 Å². The minimum absolute atomic E-state index is 0.0175. The fraction of sp³-hybridized carbons (Fsp3) is 0.375. The van der Waals surface area contributed by atoms with Crippen molar-refractivity contribution in [1.82, 2.24) is 73.4 Å². The molecule has 24 N–H and O–H groups in total. The second-order valence-corrected chi connectivity index (χ2v) is 28.2. The number of carboxylic acids is 3. The number of phenols is 1.